The van der Waals surface area contributed by atoms with Gasteiger partial charge in [0, 0.05) is 50.7 Å². The molecule has 4 amide bonds. The van der Waals surface area contributed by atoms with E-state index in [-0.39, 0.29) is 43.1 Å². The molecule has 0 radical (unpaired) electrons. The third-order valence-corrected chi connectivity index (χ3v) is 10.6. The second-order valence-corrected chi connectivity index (χ2v) is 15.4. The number of hydrogen-bond donors (Lipinski definition) is 4. The van der Waals surface area contributed by atoms with Crippen LogP contribution in [-0.4, -0.2) is 103 Å². The molecule has 55 heavy (non-hydrogen) atoms. The van der Waals surface area contributed by atoms with Gasteiger partial charge in [-0.3, -0.25) is 19.7 Å². The van der Waals surface area contributed by atoms with Crippen LogP contribution in [0.2, 0.25) is 0 Å². The van der Waals surface area contributed by atoms with Crippen molar-refractivity contribution in [2.24, 2.45) is 10.9 Å². The maximum atomic E-state index is 14.3. The predicted molar refractivity (Wildman–Crippen MR) is 223 cm³/mol. The summed E-state index contributed by atoms with van der Waals surface area (Å²) < 4.78 is 11.1. The van der Waals surface area contributed by atoms with E-state index >= 15 is 0 Å². The van der Waals surface area contributed by atoms with Crippen molar-refractivity contribution in [2.75, 3.05) is 46.4 Å². The molecular weight excluding hydrogens is 735 g/mol. The summed E-state index contributed by atoms with van der Waals surface area (Å²) in [6.45, 7) is 9.89. The molecular formula is C41H57N7O5S2. The Kier molecular flexibility index (Phi) is 18.7. The molecule has 1 aliphatic rings. The van der Waals surface area contributed by atoms with Crippen LogP contribution < -0.4 is 16.0 Å². The molecule has 1 saturated heterocycles. The number of carbonyl (C=O) groups is 3. The van der Waals surface area contributed by atoms with Crippen molar-refractivity contribution in [1.29, 1.82) is 0 Å². The van der Waals surface area contributed by atoms with Gasteiger partial charge in [0.1, 0.15) is 12.6 Å². The van der Waals surface area contributed by atoms with E-state index in [1.807, 2.05) is 67.6 Å². The van der Waals surface area contributed by atoms with Crippen molar-refractivity contribution in [1.82, 2.24) is 30.7 Å². The lowest BCUT2D eigenvalue weighted by atomic mass is 9.95. The summed E-state index contributed by atoms with van der Waals surface area (Å²) in [5.41, 5.74) is 5.44. The molecule has 0 aliphatic carbocycles. The Labute approximate surface area is 335 Å². The summed E-state index contributed by atoms with van der Waals surface area (Å²) in [5, 5.41) is 11.0. The first-order valence-electron chi connectivity index (χ1n) is 19.0. The van der Waals surface area contributed by atoms with Crippen LogP contribution in [0.1, 0.15) is 56.0 Å². The molecule has 3 aromatic rings. The lowest BCUT2D eigenvalue weighted by Crippen LogP contribution is -2.54. The molecule has 3 N–H and O–H groups in total. The number of morpholine rings is 1. The summed E-state index contributed by atoms with van der Waals surface area (Å²) in [6.07, 6.45) is 3.92. The number of alkyl carbamates (subject to hydrolysis) is 1. The molecule has 4 rings (SSSR count). The van der Waals surface area contributed by atoms with Gasteiger partial charge in [-0.05, 0) is 61.5 Å². The lowest BCUT2D eigenvalue weighted by molar-refractivity contribution is -0.124. The zero-order valence-corrected chi connectivity index (χ0v) is 34.2. The summed E-state index contributed by atoms with van der Waals surface area (Å²) in [4.78, 5) is 54.2. The highest BCUT2D eigenvalue weighted by Gasteiger charge is 2.27. The van der Waals surface area contributed by atoms with E-state index in [4.69, 9.17) is 9.47 Å². The Balaban J connectivity index is 1.49. The summed E-state index contributed by atoms with van der Waals surface area (Å²) in [6, 6.07) is 18.3. The van der Waals surface area contributed by atoms with Crippen molar-refractivity contribution >= 4 is 47.7 Å². The first-order chi connectivity index (χ1) is 26.6. The van der Waals surface area contributed by atoms with Crippen LogP contribution in [0.3, 0.4) is 0 Å². The number of amides is 4. The van der Waals surface area contributed by atoms with Crippen LogP contribution in [-0.2, 0) is 33.7 Å². The molecule has 0 saturated carbocycles. The molecule has 298 valence electrons. The van der Waals surface area contributed by atoms with Gasteiger partial charge in [0.25, 0.3) is 0 Å². The van der Waals surface area contributed by atoms with E-state index in [1.165, 1.54) is 16.2 Å². The highest BCUT2D eigenvalue weighted by atomic mass is 32.1. The number of benzene rings is 2. The lowest BCUT2D eigenvalue weighted by Gasteiger charge is -2.30. The van der Waals surface area contributed by atoms with Gasteiger partial charge in [0.05, 0.1) is 35.8 Å². The zero-order valence-electron chi connectivity index (χ0n) is 32.5. The molecule has 3 atom stereocenters. The molecule has 2 aromatic carbocycles. The van der Waals surface area contributed by atoms with E-state index in [0.717, 1.165) is 34.8 Å². The van der Waals surface area contributed by atoms with Crippen LogP contribution in [0.5, 0.6) is 0 Å². The number of thiazole rings is 1. The number of aromatic nitrogens is 1. The maximum absolute atomic E-state index is 14.3. The van der Waals surface area contributed by atoms with Crippen molar-refractivity contribution < 1.29 is 23.9 Å². The molecule has 1 aliphatic heterocycles. The predicted octanol–water partition coefficient (Wildman–Crippen LogP) is 6.11. The van der Waals surface area contributed by atoms with Gasteiger partial charge in [0.2, 0.25) is 5.91 Å². The molecule has 12 nitrogen and oxygen atoms in total. The average Bonchev–Trinajstić information content (AvgIpc) is 3.72. The molecule has 0 spiro atoms. The number of urea groups is 1. The number of ether oxygens (including phenoxy) is 2. The van der Waals surface area contributed by atoms with Crippen LogP contribution >= 0.6 is 24.0 Å². The number of likely N-dealkylation sites (N-methyl/N-ethyl adjacent to an activating group) is 1. The smallest absolute Gasteiger partial charge is 0.407 e. The van der Waals surface area contributed by atoms with Gasteiger partial charge in [-0.2, -0.15) is 0 Å². The first kappa shape index (κ1) is 43.5. The van der Waals surface area contributed by atoms with Gasteiger partial charge in [-0.1, -0.05) is 74.5 Å². The number of thiol groups is 1. The number of rotatable bonds is 20. The van der Waals surface area contributed by atoms with Gasteiger partial charge in [-0.25, -0.2) is 9.59 Å². The topological polar surface area (TPSA) is 137 Å². The molecule has 2 heterocycles. The van der Waals surface area contributed by atoms with Gasteiger partial charge >= 0.3 is 12.1 Å². The Hall–Kier alpha value is -4.24. The fraction of sp³-hybridized carbons (Fsp3) is 0.488. The van der Waals surface area contributed by atoms with Gasteiger partial charge in [0.15, 0.2) is 0 Å². The van der Waals surface area contributed by atoms with Crippen LogP contribution in [0.4, 0.5) is 9.59 Å². The standard InChI is InChI=1S/C41H57N7O5S2/c1-30(2)31(3)43-36(28-54)26-47(4)40(50)46-38(17-18-48-19-21-52-22-20-48)39(49)44-34(23-32-11-7-5-8-12-32)15-16-35(24-33-13-9-6-10-14-33)45-41(51)53-27-37-25-42-29-55-37/h5-14,25,28-30,34-35,38,54H,15-24,26-27H2,1-4H3,(H,44,49)(H,45,51)(H,46,50)/b36-28-,43-31?/t34-,35-,38+/m1/s1. The van der Waals surface area contributed by atoms with Gasteiger partial charge in [-0.15, -0.1) is 24.0 Å². The van der Waals surface area contributed by atoms with E-state index in [0.29, 0.717) is 57.6 Å². The Morgan fingerprint density at radius 2 is 1.58 bits per heavy atom. The fourth-order valence-electron chi connectivity index (χ4n) is 6.05. The Morgan fingerprint density at radius 3 is 2.15 bits per heavy atom. The fourth-order valence-corrected chi connectivity index (χ4v) is 6.70. The number of aliphatic imine (C=N–C) groups is 1. The van der Waals surface area contributed by atoms with Crippen molar-refractivity contribution in [3.05, 3.63) is 99.5 Å². The van der Waals surface area contributed by atoms with Crippen molar-refractivity contribution in [2.45, 2.75) is 77.6 Å². The quantitative estimate of drug-likeness (QED) is 0.0801. The summed E-state index contributed by atoms with van der Waals surface area (Å²) in [5.74, 6) is -0.00183. The second-order valence-electron chi connectivity index (χ2n) is 14.2. The van der Waals surface area contributed by atoms with Crippen LogP contribution in [0.25, 0.3) is 0 Å². The highest BCUT2D eigenvalue weighted by Crippen LogP contribution is 2.15. The largest absolute Gasteiger partial charge is 0.444 e. The Bertz CT molecular complexity index is 1650. The number of nitrogens with one attached hydrogen (secondary N) is 3. The maximum Gasteiger partial charge on any atom is 0.407 e. The molecule has 0 unspecified atom stereocenters. The normalized spacial score (nSPS) is 15.5. The summed E-state index contributed by atoms with van der Waals surface area (Å²) in [7, 11) is 1.68. The third kappa shape index (κ3) is 16.2. The van der Waals surface area contributed by atoms with Gasteiger partial charge < -0.3 is 30.3 Å². The molecule has 14 heteroatoms. The SMILES string of the molecule is CC(=N/C(=C\S)CN(C)C(=O)N[C@@H](CCN1CCOCC1)C(=O)N[C@H](CC[C@H](Cc1ccccc1)NC(=O)OCc1cncs1)Cc1ccccc1)C(C)C. The van der Waals surface area contributed by atoms with E-state index in [9.17, 15) is 14.4 Å². The van der Waals surface area contributed by atoms with E-state index in [1.54, 1.807) is 24.2 Å². The molecule has 1 fully saturated rings. The minimum atomic E-state index is -0.791. The first-order valence-corrected chi connectivity index (χ1v) is 20.4. The number of hydrogen-bond acceptors (Lipinski definition) is 10. The van der Waals surface area contributed by atoms with E-state index in [2.05, 4.69) is 57.3 Å². The average molecular weight is 792 g/mol. The van der Waals surface area contributed by atoms with Crippen LogP contribution in [0.15, 0.2) is 88.5 Å². The highest BCUT2D eigenvalue weighted by molar-refractivity contribution is 7.83. The number of carbonyl (C=O) groups excluding carboxylic acids is 3. The van der Waals surface area contributed by atoms with Crippen molar-refractivity contribution in [3.63, 3.8) is 0 Å². The van der Waals surface area contributed by atoms with Crippen LogP contribution in [0, 0.1) is 5.92 Å². The Morgan fingerprint density at radius 1 is 0.964 bits per heavy atom. The molecule has 0 bridgehead atoms. The minimum Gasteiger partial charge on any atom is -0.444 e. The van der Waals surface area contributed by atoms with Crippen molar-refractivity contribution in [3.8, 4) is 0 Å². The zero-order chi connectivity index (χ0) is 39.4. The number of nitrogens with zero attached hydrogens (tertiary/aromatic N) is 4. The second kappa shape index (κ2) is 23.6. The third-order valence-electron chi connectivity index (χ3n) is 9.51. The molecule has 1 aromatic heterocycles. The minimum absolute atomic E-state index is 0.144. The van der Waals surface area contributed by atoms with E-state index < -0.39 is 12.1 Å². The monoisotopic (exact) mass is 791 g/mol. The summed E-state index contributed by atoms with van der Waals surface area (Å²) >= 11 is 5.77.